The molecule has 100 valence electrons. The maximum Gasteiger partial charge on any atom is 0.0633 e. The summed E-state index contributed by atoms with van der Waals surface area (Å²) >= 11 is 0. The highest BCUT2D eigenvalue weighted by Gasteiger charge is 2.20. The highest BCUT2D eigenvalue weighted by molar-refractivity contribution is 5.76. The zero-order valence-corrected chi connectivity index (χ0v) is 11.9. The van der Waals surface area contributed by atoms with E-state index in [9.17, 15) is 0 Å². The number of nitrogens with zero attached hydrogens (tertiary/aromatic N) is 2. The van der Waals surface area contributed by atoms with E-state index in [0.717, 1.165) is 32.6 Å². The second-order valence-electron chi connectivity index (χ2n) is 5.35. The molecule has 0 aliphatic carbocycles. The van der Waals surface area contributed by atoms with Gasteiger partial charge in [-0.2, -0.15) is 0 Å². The van der Waals surface area contributed by atoms with Crippen molar-refractivity contribution in [2.24, 2.45) is 5.73 Å². The van der Waals surface area contributed by atoms with Gasteiger partial charge in [-0.3, -0.25) is 0 Å². The van der Waals surface area contributed by atoms with Gasteiger partial charge in [-0.05, 0) is 50.4 Å². The molecule has 1 heterocycles. The average Bonchev–Trinajstić information content (AvgIpc) is 2.47. The molecule has 0 bridgehead atoms. The van der Waals surface area contributed by atoms with E-state index in [4.69, 9.17) is 5.73 Å². The molecule has 2 rings (SSSR count). The van der Waals surface area contributed by atoms with Crippen LogP contribution in [0.5, 0.6) is 0 Å². The number of rotatable bonds is 3. The van der Waals surface area contributed by atoms with Gasteiger partial charge in [-0.15, -0.1) is 0 Å². The van der Waals surface area contributed by atoms with Gasteiger partial charge in [0.15, 0.2) is 0 Å². The van der Waals surface area contributed by atoms with Gasteiger partial charge in [0.2, 0.25) is 0 Å². The highest BCUT2D eigenvalue weighted by atomic mass is 15.2. The van der Waals surface area contributed by atoms with Crippen molar-refractivity contribution in [3.63, 3.8) is 0 Å². The van der Waals surface area contributed by atoms with E-state index in [2.05, 4.69) is 42.8 Å². The number of anilines is 2. The fourth-order valence-electron chi connectivity index (χ4n) is 2.88. The Morgan fingerprint density at radius 2 is 2.00 bits per heavy atom. The van der Waals surface area contributed by atoms with E-state index in [-0.39, 0.29) is 0 Å². The quantitative estimate of drug-likeness (QED) is 0.889. The van der Waals surface area contributed by atoms with E-state index in [0.29, 0.717) is 0 Å². The number of aryl methyl sites for hydroxylation is 2. The van der Waals surface area contributed by atoms with Crippen molar-refractivity contribution in [1.29, 1.82) is 0 Å². The minimum Gasteiger partial charge on any atom is -0.373 e. The topological polar surface area (TPSA) is 32.5 Å². The minimum absolute atomic E-state index is 0.770. The van der Waals surface area contributed by atoms with Crippen molar-refractivity contribution < 1.29 is 0 Å². The third kappa shape index (κ3) is 2.61. The van der Waals surface area contributed by atoms with Crippen LogP contribution >= 0.6 is 0 Å². The Morgan fingerprint density at radius 3 is 2.72 bits per heavy atom. The van der Waals surface area contributed by atoms with E-state index < -0.39 is 0 Å². The SMILES string of the molecule is Cc1cc(C)c2c(c1)N(C)CCCN2CCCN. The number of hydrogen-bond acceptors (Lipinski definition) is 3. The second-order valence-corrected chi connectivity index (χ2v) is 5.35. The molecule has 0 unspecified atom stereocenters. The summed E-state index contributed by atoms with van der Waals surface area (Å²) in [4.78, 5) is 4.90. The summed E-state index contributed by atoms with van der Waals surface area (Å²) in [5.41, 5.74) is 11.2. The summed E-state index contributed by atoms with van der Waals surface area (Å²) in [6, 6.07) is 4.59. The maximum atomic E-state index is 5.66. The van der Waals surface area contributed by atoms with Gasteiger partial charge in [0.25, 0.3) is 0 Å². The summed E-state index contributed by atoms with van der Waals surface area (Å²) in [6.45, 7) is 8.51. The highest BCUT2D eigenvalue weighted by Crippen LogP contribution is 2.35. The lowest BCUT2D eigenvalue weighted by atomic mass is 10.1. The molecule has 0 saturated heterocycles. The summed E-state index contributed by atoms with van der Waals surface area (Å²) < 4.78 is 0. The zero-order valence-electron chi connectivity index (χ0n) is 11.9. The molecule has 1 aliphatic rings. The third-order valence-corrected chi connectivity index (χ3v) is 3.71. The Hall–Kier alpha value is -1.22. The Labute approximate surface area is 111 Å². The predicted octanol–water partition coefficient (Wildman–Crippen LogP) is 2.30. The molecule has 0 aromatic heterocycles. The van der Waals surface area contributed by atoms with Crippen LogP contribution in [0.3, 0.4) is 0 Å². The van der Waals surface area contributed by atoms with Gasteiger partial charge in [0.05, 0.1) is 11.4 Å². The van der Waals surface area contributed by atoms with E-state index >= 15 is 0 Å². The van der Waals surface area contributed by atoms with Crippen LogP contribution in [0.1, 0.15) is 24.0 Å². The first kappa shape index (κ1) is 13.2. The summed E-state index contributed by atoms with van der Waals surface area (Å²) in [5.74, 6) is 0. The fourth-order valence-corrected chi connectivity index (χ4v) is 2.88. The Morgan fingerprint density at radius 1 is 1.22 bits per heavy atom. The van der Waals surface area contributed by atoms with Gasteiger partial charge in [-0.25, -0.2) is 0 Å². The lowest BCUT2D eigenvalue weighted by Gasteiger charge is -2.28. The summed E-state index contributed by atoms with van der Waals surface area (Å²) in [7, 11) is 2.20. The number of benzene rings is 1. The smallest absolute Gasteiger partial charge is 0.0633 e. The molecule has 1 aromatic rings. The molecule has 0 spiro atoms. The standard InChI is InChI=1S/C15H25N3/c1-12-10-13(2)15-14(11-12)17(3)7-5-9-18(15)8-4-6-16/h10-11H,4-9,16H2,1-3H3. The Balaban J connectivity index is 2.41. The number of hydrogen-bond donors (Lipinski definition) is 1. The van der Waals surface area contributed by atoms with Crippen LogP contribution in [0, 0.1) is 13.8 Å². The van der Waals surface area contributed by atoms with Crippen LogP contribution < -0.4 is 15.5 Å². The molecule has 0 amide bonds. The molecule has 1 aliphatic heterocycles. The predicted molar refractivity (Wildman–Crippen MR) is 79.7 cm³/mol. The number of nitrogens with two attached hydrogens (primary N) is 1. The molecule has 2 N–H and O–H groups in total. The molecule has 1 aromatic carbocycles. The Bertz CT molecular complexity index is 414. The second kappa shape index (κ2) is 5.61. The van der Waals surface area contributed by atoms with Crippen molar-refractivity contribution in [3.05, 3.63) is 23.3 Å². The van der Waals surface area contributed by atoms with Crippen LogP contribution in [0.4, 0.5) is 11.4 Å². The fraction of sp³-hybridized carbons (Fsp3) is 0.600. The lowest BCUT2D eigenvalue weighted by molar-refractivity contribution is 0.709. The monoisotopic (exact) mass is 247 g/mol. The van der Waals surface area contributed by atoms with Crippen LogP contribution in [0.2, 0.25) is 0 Å². The average molecular weight is 247 g/mol. The molecule has 0 fully saturated rings. The minimum atomic E-state index is 0.770. The van der Waals surface area contributed by atoms with Gasteiger partial charge in [-0.1, -0.05) is 6.07 Å². The maximum absolute atomic E-state index is 5.66. The number of fused-ring (bicyclic) bond motifs is 1. The molecular weight excluding hydrogens is 222 g/mol. The first-order valence-electron chi connectivity index (χ1n) is 6.91. The van der Waals surface area contributed by atoms with Crippen molar-refractivity contribution in [1.82, 2.24) is 0 Å². The van der Waals surface area contributed by atoms with Gasteiger partial charge < -0.3 is 15.5 Å². The molecule has 0 saturated carbocycles. The molecule has 18 heavy (non-hydrogen) atoms. The van der Waals surface area contributed by atoms with Crippen LogP contribution in [0.15, 0.2) is 12.1 Å². The zero-order chi connectivity index (χ0) is 13.1. The van der Waals surface area contributed by atoms with E-state index in [1.165, 1.54) is 28.9 Å². The van der Waals surface area contributed by atoms with Crippen molar-refractivity contribution in [2.45, 2.75) is 26.7 Å². The summed E-state index contributed by atoms with van der Waals surface area (Å²) in [6.07, 6.45) is 2.28. The normalized spacial score (nSPS) is 15.6. The van der Waals surface area contributed by atoms with Crippen LogP contribution in [0.25, 0.3) is 0 Å². The van der Waals surface area contributed by atoms with E-state index in [1.807, 2.05) is 0 Å². The molecule has 0 radical (unpaired) electrons. The molecule has 3 nitrogen and oxygen atoms in total. The summed E-state index contributed by atoms with van der Waals surface area (Å²) in [5, 5.41) is 0. The van der Waals surface area contributed by atoms with Crippen molar-refractivity contribution >= 4 is 11.4 Å². The Kier molecular flexibility index (Phi) is 4.12. The third-order valence-electron chi connectivity index (χ3n) is 3.71. The molecule has 0 atom stereocenters. The molecular formula is C15H25N3. The van der Waals surface area contributed by atoms with Gasteiger partial charge in [0.1, 0.15) is 0 Å². The van der Waals surface area contributed by atoms with Gasteiger partial charge in [0, 0.05) is 26.7 Å². The van der Waals surface area contributed by atoms with Crippen molar-refractivity contribution in [2.75, 3.05) is 43.0 Å². The van der Waals surface area contributed by atoms with Crippen LogP contribution in [-0.4, -0.2) is 33.2 Å². The first-order valence-corrected chi connectivity index (χ1v) is 6.91. The van der Waals surface area contributed by atoms with E-state index in [1.54, 1.807) is 0 Å². The largest absolute Gasteiger partial charge is 0.373 e. The lowest BCUT2D eigenvalue weighted by Crippen LogP contribution is -2.27. The van der Waals surface area contributed by atoms with Crippen molar-refractivity contribution in [3.8, 4) is 0 Å². The first-order chi connectivity index (χ1) is 8.63. The van der Waals surface area contributed by atoms with Gasteiger partial charge >= 0.3 is 0 Å². The molecule has 3 heteroatoms. The van der Waals surface area contributed by atoms with Crippen LogP contribution in [-0.2, 0) is 0 Å².